The lowest BCUT2D eigenvalue weighted by atomic mass is 10.0. The zero-order chi connectivity index (χ0) is 18.8. The van der Waals surface area contributed by atoms with Crippen LogP contribution in [0.1, 0.15) is 40.4 Å². The largest absolute Gasteiger partial charge is 0.374 e. The number of likely N-dealkylation sites (tertiary alicyclic amines) is 1. The highest BCUT2D eigenvalue weighted by Crippen LogP contribution is 2.32. The van der Waals surface area contributed by atoms with Gasteiger partial charge in [-0.3, -0.25) is 9.69 Å². The average molecular weight is 367 g/mol. The summed E-state index contributed by atoms with van der Waals surface area (Å²) in [5.41, 5.74) is 4.31. The summed E-state index contributed by atoms with van der Waals surface area (Å²) in [5, 5.41) is 3.02. The van der Waals surface area contributed by atoms with Gasteiger partial charge in [0, 0.05) is 31.4 Å². The molecule has 1 saturated heterocycles. The lowest BCUT2D eigenvalue weighted by Gasteiger charge is -2.29. The highest BCUT2D eigenvalue weighted by atomic mass is 19.1. The van der Waals surface area contributed by atoms with Crippen molar-refractivity contribution in [1.29, 1.82) is 0 Å². The van der Waals surface area contributed by atoms with Gasteiger partial charge in [0.1, 0.15) is 5.82 Å². The highest BCUT2D eigenvalue weighted by Gasteiger charge is 2.26. The van der Waals surface area contributed by atoms with Crippen molar-refractivity contribution < 1.29 is 9.18 Å². The molecule has 1 atom stereocenters. The van der Waals surface area contributed by atoms with E-state index in [9.17, 15) is 9.18 Å². The Bertz CT molecular complexity index is 832. The second-order valence-corrected chi connectivity index (χ2v) is 7.54. The van der Waals surface area contributed by atoms with E-state index in [0.29, 0.717) is 12.1 Å². The molecule has 1 N–H and O–H groups in total. The number of fused-ring (bicyclic) bond motifs is 1. The molecule has 0 bridgehead atoms. The van der Waals surface area contributed by atoms with Crippen LogP contribution < -0.4 is 10.2 Å². The topological polar surface area (TPSA) is 35.6 Å². The van der Waals surface area contributed by atoms with E-state index >= 15 is 0 Å². The number of anilines is 1. The van der Waals surface area contributed by atoms with Crippen molar-refractivity contribution in [3.05, 3.63) is 65.0 Å². The molecule has 27 heavy (non-hydrogen) atoms. The lowest BCUT2D eigenvalue weighted by Crippen LogP contribution is -2.36. The van der Waals surface area contributed by atoms with Gasteiger partial charge < -0.3 is 10.2 Å². The molecule has 4 nitrogen and oxygen atoms in total. The van der Waals surface area contributed by atoms with Crippen LogP contribution in [0.5, 0.6) is 0 Å². The van der Waals surface area contributed by atoms with E-state index < -0.39 is 0 Å². The number of hydrogen-bond donors (Lipinski definition) is 1. The molecule has 0 aromatic heterocycles. The summed E-state index contributed by atoms with van der Waals surface area (Å²) in [6.07, 6.45) is 3.46. The standard InChI is InChI=1S/C22H26FN3O/c1-25-12-9-17-13-16(7-8-20(17)25)21(26-10-2-3-11-26)15-24-22(27)18-5-4-6-19(23)14-18/h4-8,13-14,21H,2-3,9-12,15H2,1H3,(H,24,27)/t21-/m1/s1. The summed E-state index contributed by atoms with van der Waals surface area (Å²) in [6, 6.07) is 12.7. The summed E-state index contributed by atoms with van der Waals surface area (Å²) in [5.74, 6) is -0.610. The number of nitrogens with zero attached hydrogens (tertiary/aromatic N) is 2. The molecule has 2 aliphatic heterocycles. The van der Waals surface area contributed by atoms with Crippen LogP contribution in [-0.4, -0.2) is 44.0 Å². The molecule has 4 rings (SSSR count). The molecule has 2 aromatic rings. The second kappa shape index (κ2) is 7.69. The van der Waals surface area contributed by atoms with Gasteiger partial charge in [-0.2, -0.15) is 0 Å². The first-order valence-electron chi connectivity index (χ1n) is 9.73. The fourth-order valence-corrected chi connectivity index (χ4v) is 4.23. The van der Waals surface area contributed by atoms with Gasteiger partial charge >= 0.3 is 0 Å². The fraction of sp³-hybridized carbons (Fsp3) is 0.409. The van der Waals surface area contributed by atoms with Crippen molar-refractivity contribution in [3.8, 4) is 0 Å². The molecule has 5 heteroatoms. The number of amides is 1. The molecular formula is C22H26FN3O. The molecule has 2 aliphatic rings. The van der Waals surface area contributed by atoms with Gasteiger partial charge in [-0.1, -0.05) is 18.2 Å². The van der Waals surface area contributed by atoms with Crippen molar-refractivity contribution in [1.82, 2.24) is 10.2 Å². The van der Waals surface area contributed by atoms with Gasteiger partial charge in [-0.25, -0.2) is 4.39 Å². The van der Waals surface area contributed by atoms with Gasteiger partial charge in [-0.15, -0.1) is 0 Å². The average Bonchev–Trinajstić information content (AvgIpc) is 3.32. The van der Waals surface area contributed by atoms with Crippen molar-refractivity contribution in [2.45, 2.75) is 25.3 Å². The number of hydrogen-bond acceptors (Lipinski definition) is 3. The summed E-state index contributed by atoms with van der Waals surface area (Å²) in [6.45, 7) is 3.70. The molecule has 142 valence electrons. The Labute approximate surface area is 160 Å². The summed E-state index contributed by atoms with van der Waals surface area (Å²) < 4.78 is 13.4. The quantitative estimate of drug-likeness (QED) is 0.880. The van der Waals surface area contributed by atoms with Crippen molar-refractivity contribution in [3.63, 3.8) is 0 Å². The van der Waals surface area contributed by atoms with Crippen LogP contribution in [-0.2, 0) is 6.42 Å². The Hall–Kier alpha value is -2.40. The first kappa shape index (κ1) is 18.0. The van der Waals surface area contributed by atoms with Crippen molar-refractivity contribution >= 4 is 11.6 Å². The number of rotatable bonds is 5. The third kappa shape index (κ3) is 3.83. The van der Waals surface area contributed by atoms with E-state index in [4.69, 9.17) is 0 Å². The molecule has 0 aliphatic carbocycles. The number of benzene rings is 2. The lowest BCUT2D eigenvalue weighted by molar-refractivity contribution is 0.0937. The number of nitrogens with one attached hydrogen (secondary N) is 1. The first-order chi connectivity index (χ1) is 13.1. The summed E-state index contributed by atoms with van der Waals surface area (Å²) in [7, 11) is 2.13. The monoisotopic (exact) mass is 367 g/mol. The number of carbonyl (C=O) groups is 1. The molecule has 0 unspecified atom stereocenters. The second-order valence-electron chi connectivity index (χ2n) is 7.54. The molecule has 1 fully saturated rings. The SMILES string of the molecule is CN1CCc2cc([C@@H](CNC(=O)c3cccc(F)c3)N3CCCC3)ccc21. The third-order valence-electron chi connectivity index (χ3n) is 5.74. The molecule has 0 radical (unpaired) electrons. The van der Waals surface area contributed by atoms with Crippen LogP contribution >= 0.6 is 0 Å². The smallest absolute Gasteiger partial charge is 0.251 e. The van der Waals surface area contributed by atoms with E-state index in [1.807, 2.05) is 0 Å². The highest BCUT2D eigenvalue weighted by molar-refractivity contribution is 5.94. The summed E-state index contributed by atoms with van der Waals surface area (Å²) >= 11 is 0. The van der Waals surface area contributed by atoms with E-state index in [-0.39, 0.29) is 17.8 Å². The minimum absolute atomic E-state index is 0.154. The zero-order valence-corrected chi connectivity index (χ0v) is 15.7. The van der Waals surface area contributed by atoms with Crippen LogP contribution in [0.2, 0.25) is 0 Å². The predicted molar refractivity (Wildman–Crippen MR) is 106 cm³/mol. The minimum Gasteiger partial charge on any atom is -0.374 e. The molecule has 2 heterocycles. The maximum absolute atomic E-state index is 13.4. The first-order valence-corrected chi connectivity index (χ1v) is 9.73. The van der Waals surface area contributed by atoms with Crippen molar-refractivity contribution in [2.75, 3.05) is 38.1 Å². The Balaban J connectivity index is 1.52. The van der Waals surface area contributed by atoms with E-state index in [2.05, 4.69) is 40.4 Å². The van der Waals surface area contributed by atoms with Crippen LogP contribution in [0.3, 0.4) is 0 Å². The van der Waals surface area contributed by atoms with Crippen molar-refractivity contribution in [2.24, 2.45) is 0 Å². The normalized spacial score (nSPS) is 17.8. The zero-order valence-electron chi connectivity index (χ0n) is 15.7. The van der Waals surface area contributed by atoms with Gasteiger partial charge in [0.25, 0.3) is 5.91 Å². The number of halogens is 1. The third-order valence-corrected chi connectivity index (χ3v) is 5.74. The molecule has 2 aromatic carbocycles. The Morgan fingerprint density at radius 2 is 1.96 bits per heavy atom. The minimum atomic E-state index is -0.388. The molecule has 1 amide bonds. The molecular weight excluding hydrogens is 341 g/mol. The van der Waals surface area contributed by atoms with Gasteiger partial charge in [0.15, 0.2) is 0 Å². The van der Waals surface area contributed by atoms with Gasteiger partial charge in [0.05, 0.1) is 6.04 Å². The Kier molecular flexibility index (Phi) is 5.12. The van der Waals surface area contributed by atoms with Crippen LogP contribution in [0.25, 0.3) is 0 Å². The Morgan fingerprint density at radius 3 is 2.74 bits per heavy atom. The van der Waals surface area contributed by atoms with Crippen LogP contribution in [0, 0.1) is 5.82 Å². The summed E-state index contributed by atoms with van der Waals surface area (Å²) in [4.78, 5) is 17.2. The van der Waals surface area contributed by atoms with Crippen LogP contribution in [0.15, 0.2) is 42.5 Å². The Morgan fingerprint density at radius 1 is 1.15 bits per heavy atom. The van der Waals surface area contributed by atoms with Crippen LogP contribution in [0.4, 0.5) is 10.1 Å². The maximum Gasteiger partial charge on any atom is 0.251 e. The van der Waals surface area contributed by atoms with E-state index in [1.165, 1.54) is 41.8 Å². The van der Waals surface area contributed by atoms with E-state index in [1.54, 1.807) is 12.1 Å². The molecule has 0 saturated carbocycles. The number of likely N-dealkylation sites (N-methyl/N-ethyl adjacent to an activating group) is 1. The fourth-order valence-electron chi connectivity index (χ4n) is 4.23. The number of carbonyl (C=O) groups excluding carboxylic acids is 1. The predicted octanol–water partition coefficient (Wildman–Crippen LogP) is 3.38. The molecule has 0 spiro atoms. The van der Waals surface area contributed by atoms with Gasteiger partial charge in [0.2, 0.25) is 0 Å². The maximum atomic E-state index is 13.4. The van der Waals surface area contributed by atoms with E-state index in [0.717, 1.165) is 26.1 Å². The van der Waals surface area contributed by atoms with Gasteiger partial charge in [-0.05, 0) is 67.7 Å².